The average molecular weight is 512 g/mol. The Morgan fingerprint density at radius 2 is 1.78 bits per heavy atom. The molecule has 0 fully saturated rings. The molecule has 0 aliphatic rings. The summed E-state index contributed by atoms with van der Waals surface area (Å²) < 4.78 is 11.2. The zero-order chi connectivity index (χ0) is 19.1. The van der Waals surface area contributed by atoms with Gasteiger partial charge in [-0.05, 0) is 49.4 Å². The highest BCUT2D eigenvalue weighted by Crippen LogP contribution is 2.27. The first-order valence-corrected chi connectivity index (χ1v) is 13.1. The quantitative estimate of drug-likeness (QED) is 0.138. The Morgan fingerprint density at radius 1 is 1.04 bits per heavy atom. The summed E-state index contributed by atoms with van der Waals surface area (Å²) in [5, 5.41) is 1.35. The molecule has 0 aliphatic heterocycles. The first-order chi connectivity index (χ1) is 13.2. The van der Waals surface area contributed by atoms with Crippen molar-refractivity contribution in [1.82, 2.24) is 0 Å². The maximum absolute atomic E-state index is 12.5. The molecule has 3 nitrogen and oxygen atoms in total. The van der Waals surface area contributed by atoms with Gasteiger partial charge in [0.1, 0.15) is 5.58 Å². The van der Waals surface area contributed by atoms with Crippen molar-refractivity contribution in [3.8, 4) is 0 Å². The van der Waals surface area contributed by atoms with Crippen molar-refractivity contribution < 1.29 is 8.60 Å². The van der Waals surface area contributed by atoms with Crippen LogP contribution in [0.4, 0.5) is 0 Å². The van der Waals surface area contributed by atoms with Gasteiger partial charge in [0, 0.05) is 32.5 Å². The van der Waals surface area contributed by atoms with Crippen LogP contribution in [-0.4, -0.2) is 6.61 Å². The number of fused-ring (bicyclic) bond motifs is 1. The molecule has 0 saturated carbocycles. The molecule has 3 aromatic rings. The number of benzene rings is 2. The molecule has 0 unspecified atom stereocenters. The predicted molar refractivity (Wildman–Crippen MR) is 124 cm³/mol. The van der Waals surface area contributed by atoms with Crippen molar-refractivity contribution in [2.24, 2.45) is 0 Å². The van der Waals surface area contributed by atoms with E-state index in [1.807, 2.05) is 31.2 Å². The number of halogens is 1. The molecule has 3 rings (SSSR count). The molecule has 0 atom stereocenters. The summed E-state index contributed by atoms with van der Waals surface area (Å²) in [5.74, 6) is 0.781. The third kappa shape index (κ3) is 5.76. The molecule has 2 aromatic carbocycles. The van der Waals surface area contributed by atoms with E-state index < -0.39 is 0 Å². The Morgan fingerprint density at radius 3 is 2.56 bits per heavy atom. The molecule has 0 N–H and O–H groups in total. The van der Waals surface area contributed by atoms with E-state index in [1.54, 1.807) is 11.8 Å². The van der Waals surface area contributed by atoms with Gasteiger partial charge in [0.15, 0.2) is 10.5 Å². The van der Waals surface area contributed by atoms with Gasteiger partial charge in [-0.3, -0.25) is 4.79 Å². The van der Waals surface area contributed by atoms with Gasteiger partial charge in [0.05, 0.1) is 21.2 Å². The molecule has 27 heavy (non-hydrogen) atoms. The van der Waals surface area contributed by atoms with Crippen LogP contribution in [0.1, 0.15) is 29.5 Å². The number of rotatable bonds is 9. The van der Waals surface area contributed by atoms with E-state index in [9.17, 15) is 4.79 Å². The van der Waals surface area contributed by atoms with Crippen LogP contribution in [0.15, 0.2) is 62.8 Å². The van der Waals surface area contributed by atoms with E-state index in [1.165, 1.54) is 20.3 Å². The zero-order valence-corrected chi connectivity index (χ0v) is 18.9. The molecular formula is C21H21IO3S2. The van der Waals surface area contributed by atoms with Crippen LogP contribution in [0.25, 0.3) is 11.0 Å². The number of hydrogen-bond acceptors (Lipinski definition) is 5. The zero-order valence-electron chi connectivity index (χ0n) is 15.1. The Balaban J connectivity index is 1.59. The van der Waals surface area contributed by atoms with Gasteiger partial charge in [0.25, 0.3) is 0 Å². The average Bonchev–Trinajstić information content (AvgIpc) is 2.70. The first kappa shape index (κ1) is 20.8. The van der Waals surface area contributed by atoms with Crippen molar-refractivity contribution in [1.29, 1.82) is 0 Å². The Bertz CT molecular complexity index is 938. The molecule has 0 amide bonds. The van der Waals surface area contributed by atoms with E-state index in [-0.39, 0.29) is 5.43 Å². The highest BCUT2D eigenvalue weighted by molar-refractivity contribution is 14.2. The number of thioether (sulfide) groups is 1. The van der Waals surface area contributed by atoms with E-state index in [0.29, 0.717) is 21.6 Å². The second-order valence-electron chi connectivity index (χ2n) is 6.29. The van der Waals surface area contributed by atoms with E-state index in [4.69, 9.17) is 8.60 Å². The molecule has 6 heteroatoms. The second-order valence-corrected chi connectivity index (χ2v) is 8.68. The smallest absolute Gasteiger partial charge is 0.196 e. The van der Waals surface area contributed by atoms with Gasteiger partial charge in [-0.1, -0.05) is 48.2 Å². The van der Waals surface area contributed by atoms with Gasteiger partial charge >= 0.3 is 0 Å². The van der Waals surface area contributed by atoms with Crippen LogP contribution in [0.5, 0.6) is 0 Å². The third-order valence-electron chi connectivity index (χ3n) is 4.36. The fourth-order valence-corrected chi connectivity index (χ4v) is 4.49. The minimum atomic E-state index is 0.0552. The molecule has 0 saturated heterocycles. The van der Waals surface area contributed by atoms with Gasteiger partial charge < -0.3 is 8.60 Å². The van der Waals surface area contributed by atoms with Gasteiger partial charge in [-0.2, -0.15) is 0 Å². The number of aryl methyl sites for hydroxylation is 1. The summed E-state index contributed by atoms with van der Waals surface area (Å²) in [7, 11) is 1.40. The monoisotopic (exact) mass is 512 g/mol. The largest absolute Gasteiger partial charge is 0.449 e. The van der Waals surface area contributed by atoms with Crippen molar-refractivity contribution in [2.45, 2.75) is 37.0 Å². The first-order valence-electron chi connectivity index (χ1n) is 8.82. The Kier molecular flexibility index (Phi) is 8.11. The predicted octanol–water partition coefficient (Wildman–Crippen LogP) is 6.73. The molecule has 0 bridgehead atoms. The normalized spacial score (nSPS) is 11.2. The Labute approximate surface area is 180 Å². The molecule has 0 radical (unpaired) electrons. The number of unbranched alkanes of at least 4 members (excludes halogenated alkanes) is 1. The van der Waals surface area contributed by atoms with Crippen LogP contribution in [0.3, 0.4) is 0 Å². The summed E-state index contributed by atoms with van der Waals surface area (Å²) in [6.45, 7) is 2.64. The number of para-hydroxylation sites is 1. The highest BCUT2D eigenvalue weighted by Gasteiger charge is 2.11. The lowest BCUT2D eigenvalue weighted by Crippen LogP contribution is -2.06. The minimum Gasteiger partial charge on any atom is -0.449 e. The van der Waals surface area contributed by atoms with Gasteiger partial charge in [-0.25, -0.2) is 0 Å². The maximum atomic E-state index is 12.5. The molecule has 0 spiro atoms. The summed E-state index contributed by atoms with van der Waals surface area (Å²) in [6, 6.07) is 16.1. The molecule has 142 valence electrons. The standard InChI is InChI=1S/C21H21IO3S2/c1-15-20(23)18-7-2-3-8-19(18)25-21(15)26-14-17-11-9-16(10-12-17)6-4-5-13-24-27-22/h2-3,7-12H,4-6,13-14H2,1H3. The van der Waals surface area contributed by atoms with Crippen LogP contribution in [-0.2, 0) is 16.4 Å². The van der Waals surface area contributed by atoms with Crippen LogP contribution in [0.2, 0.25) is 0 Å². The van der Waals surface area contributed by atoms with Crippen molar-refractivity contribution >= 4 is 53.2 Å². The topological polar surface area (TPSA) is 39.4 Å². The van der Waals surface area contributed by atoms with Crippen LogP contribution in [0, 0.1) is 6.92 Å². The van der Waals surface area contributed by atoms with Crippen molar-refractivity contribution in [3.05, 3.63) is 75.4 Å². The SMILES string of the molecule is Cc1c(SCc2ccc(CCCCOSI)cc2)oc2ccccc2c1=O. The molecule has 1 heterocycles. The Hall–Kier alpha value is -0.960. The molecule has 1 aromatic heterocycles. The highest BCUT2D eigenvalue weighted by atomic mass is 127. The van der Waals surface area contributed by atoms with Gasteiger partial charge in [0.2, 0.25) is 0 Å². The maximum Gasteiger partial charge on any atom is 0.196 e. The summed E-state index contributed by atoms with van der Waals surface area (Å²) in [5.41, 5.74) is 3.96. The van der Waals surface area contributed by atoms with Crippen molar-refractivity contribution in [2.75, 3.05) is 6.61 Å². The third-order valence-corrected chi connectivity index (χ3v) is 6.51. The van der Waals surface area contributed by atoms with Crippen LogP contribution < -0.4 is 5.43 Å². The van der Waals surface area contributed by atoms with E-state index in [0.717, 1.165) is 31.6 Å². The molecular weight excluding hydrogens is 491 g/mol. The lowest BCUT2D eigenvalue weighted by atomic mass is 10.1. The minimum absolute atomic E-state index is 0.0552. The summed E-state index contributed by atoms with van der Waals surface area (Å²) in [4.78, 5) is 12.5. The van der Waals surface area contributed by atoms with E-state index >= 15 is 0 Å². The summed E-state index contributed by atoms with van der Waals surface area (Å²) >= 11 is 3.72. The second kappa shape index (κ2) is 10.5. The van der Waals surface area contributed by atoms with Crippen molar-refractivity contribution in [3.63, 3.8) is 0 Å². The molecule has 0 aliphatic carbocycles. The summed E-state index contributed by atoms with van der Waals surface area (Å²) in [6.07, 6.45) is 3.28. The fourth-order valence-electron chi connectivity index (χ4n) is 2.82. The lowest BCUT2D eigenvalue weighted by molar-refractivity contribution is 0.365. The van der Waals surface area contributed by atoms with Crippen LogP contribution >= 0.6 is 42.2 Å². The lowest BCUT2D eigenvalue weighted by Gasteiger charge is -2.07. The van der Waals surface area contributed by atoms with E-state index in [2.05, 4.69) is 45.5 Å². The number of hydrogen-bond donors (Lipinski definition) is 0. The fraction of sp³-hybridized carbons (Fsp3) is 0.286. The van der Waals surface area contributed by atoms with Gasteiger partial charge in [-0.15, -0.1) is 0 Å².